The fourth-order valence-electron chi connectivity index (χ4n) is 2.28. The van der Waals surface area contributed by atoms with Crippen molar-refractivity contribution in [1.82, 2.24) is 0 Å². The lowest BCUT2D eigenvalue weighted by Gasteiger charge is -2.11. The zero-order valence-corrected chi connectivity index (χ0v) is 13.8. The summed E-state index contributed by atoms with van der Waals surface area (Å²) in [5.74, 6) is -0.499. The number of rotatable bonds is 5. The summed E-state index contributed by atoms with van der Waals surface area (Å²) in [4.78, 5) is 11.8. The van der Waals surface area contributed by atoms with E-state index < -0.39 is 21.8 Å². The highest BCUT2D eigenvalue weighted by Gasteiger charge is 2.20. The van der Waals surface area contributed by atoms with Gasteiger partial charge in [-0.1, -0.05) is 30.3 Å². The molecule has 6 heteroatoms. The number of hydrogen-bond acceptors (Lipinski definition) is 5. The van der Waals surface area contributed by atoms with Gasteiger partial charge in [0, 0.05) is 0 Å². The Morgan fingerprint density at radius 2 is 1.74 bits per heavy atom. The first-order valence-electron chi connectivity index (χ1n) is 7.09. The molecule has 2 aromatic rings. The molecule has 5 nitrogen and oxygen atoms in total. The minimum absolute atomic E-state index is 0.210. The number of carbonyl (C=O) groups excluding carboxylic acids is 1. The molecule has 0 spiro atoms. The first kappa shape index (κ1) is 17.2. The fourth-order valence-corrected chi connectivity index (χ4v) is 3.78. The van der Waals surface area contributed by atoms with Crippen molar-refractivity contribution in [2.75, 3.05) is 7.11 Å². The first-order chi connectivity index (χ1) is 10.9. The molecular weight excluding hydrogens is 314 g/mol. The van der Waals surface area contributed by atoms with E-state index in [1.165, 1.54) is 19.2 Å². The van der Waals surface area contributed by atoms with Gasteiger partial charge in [0.2, 0.25) is 9.84 Å². The molecule has 1 atom stereocenters. The lowest BCUT2D eigenvalue weighted by Crippen LogP contribution is -2.33. The van der Waals surface area contributed by atoms with E-state index in [9.17, 15) is 13.2 Å². The van der Waals surface area contributed by atoms with Gasteiger partial charge in [0.1, 0.15) is 6.04 Å². The van der Waals surface area contributed by atoms with Crippen LogP contribution < -0.4 is 5.73 Å². The van der Waals surface area contributed by atoms with Gasteiger partial charge < -0.3 is 10.5 Å². The number of sulfone groups is 1. The Hall–Kier alpha value is -2.18. The number of methoxy groups -OCH3 is 1. The van der Waals surface area contributed by atoms with Crippen molar-refractivity contribution in [2.45, 2.75) is 29.2 Å². The summed E-state index contributed by atoms with van der Waals surface area (Å²) < 4.78 is 29.9. The van der Waals surface area contributed by atoms with Gasteiger partial charge in [-0.2, -0.15) is 0 Å². The maximum Gasteiger partial charge on any atom is 0.322 e. The Morgan fingerprint density at radius 1 is 1.13 bits per heavy atom. The molecule has 0 bridgehead atoms. The molecule has 0 amide bonds. The zero-order valence-electron chi connectivity index (χ0n) is 13.0. The monoisotopic (exact) mass is 333 g/mol. The average molecular weight is 333 g/mol. The van der Waals surface area contributed by atoms with Crippen molar-refractivity contribution in [1.29, 1.82) is 0 Å². The molecule has 0 fully saturated rings. The minimum Gasteiger partial charge on any atom is -0.468 e. The van der Waals surface area contributed by atoms with E-state index in [0.29, 0.717) is 10.5 Å². The van der Waals surface area contributed by atoms with E-state index in [1.807, 2.05) is 0 Å². The van der Waals surface area contributed by atoms with E-state index in [2.05, 4.69) is 4.74 Å². The van der Waals surface area contributed by atoms with Crippen LogP contribution in [0.2, 0.25) is 0 Å². The molecule has 1 unspecified atom stereocenters. The van der Waals surface area contributed by atoms with Gasteiger partial charge in [0.15, 0.2) is 0 Å². The molecule has 23 heavy (non-hydrogen) atoms. The van der Waals surface area contributed by atoms with Gasteiger partial charge in [-0.15, -0.1) is 0 Å². The summed E-state index contributed by atoms with van der Waals surface area (Å²) >= 11 is 0. The maximum absolute atomic E-state index is 12.6. The first-order valence-corrected chi connectivity index (χ1v) is 8.57. The van der Waals surface area contributed by atoms with Crippen molar-refractivity contribution < 1.29 is 17.9 Å². The smallest absolute Gasteiger partial charge is 0.322 e. The van der Waals surface area contributed by atoms with Crippen LogP contribution in [-0.2, 0) is 25.8 Å². The molecule has 122 valence electrons. The van der Waals surface area contributed by atoms with E-state index in [1.54, 1.807) is 43.3 Å². The predicted octanol–water partition coefficient (Wildman–Crippen LogP) is 1.87. The van der Waals surface area contributed by atoms with Crippen LogP contribution >= 0.6 is 0 Å². The second kappa shape index (κ2) is 6.93. The molecule has 2 rings (SSSR count). The van der Waals surface area contributed by atoms with E-state index in [0.717, 1.165) is 5.56 Å². The summed E-state index contributed by atoms with van der Waals surface area (Å²) in [5.41, 5.74) is 7.17. The number of ether oxygens (including phenoxy) is 1. The quantitative estimate of drug-likeness (QED) is 0.844. The van der Waals surface area contributed by atoms with Crippen molar-refractivity contribution in [2.24, 2.45) is 5.73 Å². The van der Waals surface area contributed by atoms with Crippen molar-refractivity contribution in [3.8, 4) is 0 Å². The number of esters is 1. The fraction of sp³-hybridized carbons (Fsp3) is 0.235. The Balaban J connectivity index is 2.26. The Kier molecular flexibility index (Phi) is 5.18. The normalized spacial score (nSPS) is 12.7. The van der Waals surface area contributed by atoms with Crippen molar-refractivity contribution in [3.05, 3.63) is 59.7 Å². The summed E-state index contributed by atoms with van der Waals surface area (Å²) in [6.07, 6.45) is 0.289. The third-order valence-corrected chi connectivity index (χ3v) is 5.51. The van der Waals surface area contributed by atoms with Crippen molar-refractivity contribution >= 4 is 15.8 Å². The van der Waals surface area contributed by atoms with Gasteiger partial charge >= 0.3 is 5.97 Å². The molecule has 2 aromatic carbocycles. The third-order valence-electron chi connectivity index (χ3n) is 3.58. The molecular formula is C17H19NO4S. The van der Waals surface area contributed by atoms with Crippen LogP contribution in [0.1, 0.15) is 11.1 Å². The number of benzene rings is 2. The zero-order chi connectivity index (χ0) is 17.0. The molecule has 0 radical (unpaired) electrons. The van der Waals surface area contributed by atoms with Gasteiger partial charge in [-0.3, -0.25) is 4.79 Å². The highest BCUT2D eigenvalue weighted by Crippen LogP contribution is 2.24. The summed E-state index contributed by atoms with van der Waals surface area (Å²) in [6.45, 7) is 1.76. The maximum atomic E-state index is 12.6. The molecule has 0 saturated heterocycles. The summed E-state index contributed by atoms with van der Waals surface area (Å²) in [5, 5.41) is 0. The van der Waals surface area contributed by atoms with Crippen LogP contribution in [0, 0.1) is 6.92 Å². The second-order valence-electron chi connectivity index (χ2n) is 5.25. The SMILES string of the molecule is COC(=O)C(N)Cc1ccc(S(=O)(=O)c2ccccc2C)cc1. The minimum atomic E-state index is -3.56. The number of carbonyl (C=O) groups is 1. The lowest BCUT2D eigenvalue weighted by atomic mass is 10.1. The largest absolute Gasteiger partial charge is 0.468 e. The molecule has 0 aliphatic carbocycles. The summed E-state index contributed by atoms with van der Waals surface area (Å²) in [6, 6.07) is 12.5. The lowest BCUT2D eigenvalue weighted by molar-refractivity contribution is -0.142. The molecule has 2 N–H and O–H groups in total. The Labute approximate surface area is 136 Å². The molecule has 0 aliphatic rings. The number of aryl methyl sites for hydroxylation is 1. The van der Waals surface area contributed by atoms with E-state index in [4.69, 9.17) is 5.73 Å². The second-order valence-corrected chi connectivity index (χ2v) is 7.16. The van der Waals surface area contributed by atoms with Crippen molar-refractivity contribution in [3.63, 3.8) is 0 Å². The predicted molar refractivity (Wildman–Crippen MR) is 86.8 cm³/mol. The van der Waals surface area contributed by atoms with Crippen LogP contribution in [0.25, 0.3) is 0 Å². The van der Waals surface area contributed by atoms with Gasteiger partial charge in [-0.05, 0) is 42.7 Å². The summed E-state index contributed by atoms with van der Waals surface area (Å²) in [7, 11) is -2.28. The van der Waals surface area contributed by atoms with Crippen LogP contribution in [0.3, 0.4) is 0 Å². The number of hydrogen-bond donors (Lipinski definition) is 1. The van der Waals surface area contributed by atoms with Crippen LogP contribution in [0.15, 0.2) is 58.3 Å². The molecule has 0 aromatic heterocycles. The highest BCUT2D eigenvalue weighted by molar-refractivity contribution is 7.91. The van der Waals surface area contributed by atoms with Crippen LogP contribution in [0.5, 0.6) is 0 Å². The van der Waals surface area contributed by atoms with E-state index >= 15 is 0 Å². The average Bonchev–Trinajstić information content (AvgIpc) is 2.54. The van der Waals surface area contributed by atoms with Crippen LogP contribution in [-0.4, -0.2) is 27.5 Å². The number of nitrogens with two attached hydrogens (primary N) is 1. The molecule has 0 saturated carbocycles. The van der Waals surface area contributed by atoms with Gasteiger partial charge in [0.05, 0.1) is 16.9 Å². The Morgan fingerprint density at radius 3 is 2.30 bits per heavy atom. The van der Waals surface area contributed by atoms with Gasteiger partial charge in [0.25, 0.3) is 0 Å². The van der Waals surface area contributed by atoms with Crippen LogP contribution in [0.4, 0.5) is 0 Å². The van der Waals surface area contributed by atoms with Gasteiger partial charge in [-0.25, -0.2) is 8.42 Å². The standard InChI is InChI=1S/C17H19NO4S/c1-12-5-3-4-6-16(12)23(20,21)14-9-7-13(8-10-14)11-15(18)17(19)22-2/h3-10,15H,11,18H2,1-2H3. The topological polar surface area (TPSA) is 86.5 Å². The third kappa shape index (κ3) is 3.78. The molecule has 0 heterocycles. The van der Waals surface area contributed by atoms with E-state index in [-0.39, 0.29) is 11.3 Å². The highest BCUT2D eigenvalue weighted by atomic mass is 32.2. The molecule has 0 aliphatic heterocycles. The Bertz CT molecular complexity index is 798.